The largest absolute Gasteiger partial charge is 0.494 e. The Kier molecular flexibility index (Phi) is 5.17. The first kappa shape index (κ1) is 15.8. The average Bonchev–Trinajstić information content (AvgIpc) is 2.75. The smallest absolute Gasteiger partial charge is 0.168 e. The van der Waals surface area contributed by atoms with E-state index in [-0.39, 0.29) is 5.78 Å². The molecule has 112 valence electrons. The normalized spacial score (nSPS) is 10.7. The van der Waals surface area contributed by atoms with Crippen LogP contribution in [0.5, 0.6) is 5.75 Å². The first-order chi connectivity index (χ1) is 10.1. The summed E-state index contributed by atoms with van der Waals surface area (Å²) in [6.07, 6.45) is 1.15. The van der Waals surface area contributed by atoms with E-state index in [4.69, 9.17) is 4.74 Å². The molecule has 0 atom stereocenters. The van der Waals surface area contributed by atoms with Gasteiger partial charge in [-0.1, -0.05) is 19.1 Å². The first-order valence-corrected chi connectivity index (χ1v) is 7.82. The second-order valence-corrected chi connectivity index (χ2v) is 5.54. The summed E-state index contributed by atoms with van der Waals surface area (Å²) in [7, 11) is 1.86. The number of hydrogen-bond donors (Lipinski definition) is 0. The number of halogens is 1. The lowest BCUT2D eigenvalue weighted by molar-refractivity contribution is 0.0990. The van der Waals surface area contributed by atoms with Crippen LogP contribution in [-0.2, 0) is 19.9 Å². The lowest BCUT2D eigenvalue weighted by Crippen LogP contribution is -2.08. The molecule has 1 heterocycles. The molecule has 1 aromatic carbocycles. The zero-order chi connectivity index (χ0) is 15.4. The number of benzene rings is 1. The van der Waals surface area contributed by atoms with Gasteiger partial charge in [0.05, 0.1) is 28.9 Å². The molecule has 0 bridgehead atoms. The minimum Gasteiger partial charge on any atom is -0.494 e. The van der Waals surface area contributed by atoms with Gasteiger partial charge < -0.3 is 4.74 Å². The highest BCUT2D eigenvalue weighted by Crippen LogP contribution is 2.23. The second-order valence-electron chi connectivity index (χ2n) is 4.75. The number of nitrogens with zero attached hydrogens (tertiary/aromatic N) is 2. The van der Waals surface area contributed by atoms with E-state index < -0.39 is 0 Å². The van der Waals surface area contributed by atoms with Gasteiger partial charge in [-0.15, -0.1) is 0 Å². The number of carbonyl (C=O) groups excluding carboxylic acids is 1. The van der Waals surface area contributed by atoms with Gasteiger partial charge in [0.15, 0.2) is 5.78 Å². The van der Waals surface area contributed by atoms with Gasteiger partial charge in [0, 0.05) is 12.6 Å². The minimum absolute atomic E-state index is 0.0582. The molecule has 0 fully saturated rings. The third-order valence-corrected chi connectivity index (χ3v) is 4.21. The van der Waals surface area contributed by atoms with Crippen molar-refractivity contribution < 1.29 is 9.53 Å². The Labute approximate surface area is 133 Å². The fourth-order valence-electron chi connectivity index (χ4n) is 2.19. The highest BCUT2D eigenvalue weighted by atomic mass is 79.9. The fourth-order valence-corrected chi connectivity index (χ4v) is 2.95. The molecular weight excluding hydrogens is 332 g/mol. The van der Waals surface area contributed by atoms with Crippen LogP contribution >= 0.6 is 15.9 Å². The molecule has 21 heavy (non-hydrogen) atoms. The van der Waals surface area contributed by atoms with Gasteiger partial charge in [0.25, 0.3) is 0 Å². The SMILES string of the molecule is CCOc1cccc(C(=O)Cc2c(Br)c(CC)nn2C)c1. The van der Waals surface area contributed by atoms with Crippen molar-refractivity contribution in [2.75, 3.05) is 6.61 Å². The summed E-state index contributed by atoms with van der Waals surface area (Å²) >= 11 is 3.54. The van der Waals surface area contributed by atoms with Crippen LogP contribution in [0.25, 0.3) is 0 Å². The number of Topliss-reactive ketones (excluding diaryl/α,β-unsaturated/α-hetero) is 1. The quantitative estimate of drug-likeness (QED) is 0.748. The van der Waals surface area contributed by atoms with E-state index in [0.717, 1.165) is 28.0 Å². The molecule has 0 aliphatic heterocycles. The van der Waals surface area contributed by atoms with Crippen molar-refractivity contribution in [3.05, 3.63) is 45.7 Å². The van der Waals surface area contributed by atoms with E-state index >= 15 is 0 Å². The predicted octanol–water partition coefficient (Wildman–Crippen LogP) is 3.57. The van der Waals surface area contributed by atoms with Crippen LogP contribution < -0.4 is 4.74 Å². The van der Waals surface area contributed by atoms with Crippen LogP contribution in [0, 0.1) is 0 Å². The number of aromatic nitrogens is 2. The molecular formula is C16H19BrN2O2. The number of rotatable bonds is 6. The van der Waals surface area contributed by atoms with Crippen molar-refractivity contribution in [3.8, 4) is 5.75 Å². The van der Waals surface area contributed by atoms with Crippen LogP contribution in [0.3, 0.4) is 0 Å². The Hall–Kier alpha value is -1.62. The zero-order valence-corrected chi connectivity index (χ0v) is 14.1. The average molecular weight is 351 g/mol. The predicted molar refractivity (Wildman–Crippen MR) is 85.9 cm³/mol. The molecule has 2 rings (SSSR count). The topological polar surface area (TPSA) is 44.1 Å². The second kappa shape index (κ2) is 6.89. The summed E-state index contributed by atoms with van der Waals surface area (Å²) in [4.78, 5) is 12.5. The van der Waals surface area contributed by atoms with Gasteiger partial charge in [0.1, 0.15) is 5.75 Å². The zero-order valence-electron chi connectivity index (χ0n) is 12.5. The van der Waals surface area contributed by atoms with Gasteiger partial charge in [-0.3, -0.25) is 9.48 Å². The van der Waals surface area contributed by atoms with E-state index in [1.807, 2.05) is 39.1 Å². The lowest BCUT2D eigenvalue weighted by Gasteiger charge is -2.06. The summed E-state index contributed by atoms with van der Waals surface area (Å²) in [6.45, 7) is 4.56. The van der Waals surface area contributed by atoms with Crippen molar-refractivity contribution in [3.63, 3.8) is 0 Å². The maximum Gasteiger partial charge on any atom is 0.168 e. The van der Waals surface area contributed by atoms with Crippen LogP contribution in [0.4, 0.5) is 0 Å². The molecule has 0 aliphatic carbocycles. The maximum absolute atomic E-state index is 12.5. The van der Waals surface area contributed by atoms with Crippen molar-refractivity contribution in [2.45, 2.75) is 26.7 Å². The Bertz CT molecular complexity index is 650. The molecule has 0 N–H and O–H groups in total. The molecule has 1 aromatic heterocycles. The molecule has 0 spiro atoms. The Morgan fingerprint density at radius 2 is 2.14 bits per heavy atom. The fraction of sp³-hybridized carbons (Fsp3) is 0.375. The van der Waals surface area contributed by atoms with E-state index in [1.54, 1.807) is 10.7 Å². The van der Waals surface area contributed by atoms with Gasteiger partial charge >= 0.3 is 0 Å². The van der Waals surface area contributed by atoms with Crippen molar-refractivity contribution in [1.82, 2.24) is 9.78 Å². The van der Waals surface area contributed by atoms with E-state index in [2.05, 4.69) is 21.0 Å². The van der Waals surface area contributed by atoms with Gasteiger partial charge in [-0.05, 0) is 41.4 Å². The molecule has 2 aromatic rings. The van der Waals surface area contributed by atoms with Crippen molar-refractivity contribution in [2.24, 2.45) is 7.05 Å². The van der Waals surface area contributed by atoms with E-state index in [0.29, 0.717) is 18.6 Å². The van der Waals surface area contributed by atoms with Crippen molar-refractivity contribution >= 4 is 21.7 Å². The van der Waals surface area contributed by atoms with Crippen LogP contribution in [0.1, 0.15) is 35.6 Å². The molecule has 0 radical (unpaired) electrons. The Morgan fingerprint density at radius 1 is 1.38 bits per heavy atom. The summed E-state index contributed by atoms with van der Waals surface area (Å²) in [6, 6.07) is 7.30. The van der Waals surface area contributed by atoms with E-state index in [9.17, 15) is 4.79 Å². The third kappa shape index (κ3) is 3.53. The molecule has 4 nitrogen and oxygen atoms in total. The van der Waals surface area contributed by atoms with Gasteiger partial charge in [0.2, 0.25) is 0 Å². The summed E-state index contributed by atoms with van der Waals surface area (Å²) in [5.41, 5.74) is 2.54. The van der Waals surface area contributed by atoms with Gasteiger partial charge in [-0.2, -0.15) is 5.10 Å². The highest BCUT2D eigenvalue weighted by molar-refractivity contribution is 9.10. The standard InChI is InChI=1S/C16H19BrN2O2/c1-4-13-16(17)14(19(3)18-13)10-15(20)11-7-6-8-12(9-11)21-5-2/h6-9H,4-5,10H2,1-3H3. The summed E-state index contributed by atoms with van der Waals surface area (Å²) in [5, 5.41) is 4.42. The molecule has 0 amide bonds. The van der Waals surface area contributed by atoms with Crippen LogP contribution in [-0.4, -0.2) is 22.2 Å². The number of ketones is 1. The summed E-state index contributed by atoms with van der Waals surface area (Å²) < 4.78 is 8.14. The molecule has 0 unspecified atom stereocenters. The Morgan fingerprint density at radius 3 is 2.76 bits per heavy atom. The molecule has 0 aliphatic rings. The first-order valence-electron chi connectivity index (χ1n) is 7.03. The van der Waals surface area contributed by atoms with Crippen LogP contribution in [0.15, 0.2) is 28.7 Å². The van der Waals surface area contributed by atoms with Crippen molar-refractivity contribution in [1.29, 1.82) is 0 Å². The number of ether oxygens (including phenoxy) is 1. The maximum atomic E-state index is 12.5. The number of aryl methyl sites for hydroxylation is 2. The Balaban J connectivity index is 2.22. The molecule has 5 heteroatoms. The third-order valence-electron chi connectivity index (χ3n) is 3.30. The van der Waals surface area contributed by atoms with Crippen LogP contribution in [0.2, 0.25) is 0 Å². The van der Waals surface area contributed by atoms with E-state index in [1.165, 1.54) is 0 Å². The highest BCUT2D eigenvalue weighted by Gasteiger charge is 2.17. The minimum atomic E-state index is 0.0582. The monoisotopic (exact) mass is 350 g/mol. The number of hydrogen-bond acceptors (Lipinski definition) is 3. The lowest BCUT2D eigenvalue weighted by atomic mass is 10.1. The molecule has 0 saturated carbocycles. The molecule has 0 saturated heterocycles. The summed E-state index contributed by atoms with van der Waals surface area (Å²) in [5.74, 6) is 0.782. The number of carbonyl (C=O) groups is 1. The van der Waals surface area contributed by atoms with Gasteiger partial charge in [-0.25, -0.2) is 0 Å².